The maximum Gasteiger partial charge on any atom is 0.458 e. The van der Waals surface area contributed by atoms with Gasteiger partial charge in [-0.1, -0.05) is 24.3 Å². The largest absolute Gasteiger partial charge is 0.468 e. The first-order valence-corrected chi connectivity index (χ1v) is 5.79. The van der Waals surface area contributed by atoms with Crippen LogP contribution in [-0.4, -0.2) is 19.3 Å². The summed E-state index contributed by atoms with van der Waals surface area (Å²) in [7, 11) is 1.20. The molecular formula is C13H11F5O2. The zero-order chi connectivity index (χ0) is 15.2. The van der Waals surface area contributed by atoms with Crippen LogP contribution in [0.2, 0.25) is 0 Å². The molecule has 110 valence electrons. The molecule has 0 aromatic heterocycles. The number of carbonyl (C=O) groups is 1. The van der Waals surface area contributed by atoms with Gasteiger partial charge in [0, 0.05) is 5.56 Å². The molecule has 7 heteroatoms. The summed E-state index contributed by atoms with van der Waals surface area (Å²) >= 11 is 0. The molecule has 1 aromatic rings. The van der Waals surface area contributed by atoms with Crippen molar-refractivity contribution in [2.24, 2.45) is 0 Å². The third-order valence-electron chi connectivity index (χ3n) is 3.48. The molecule has 1 saturated carbocycles. The molecule has 0 spiro atoms. The van der Waals surface area contributed by atoms with E-state index in [2.05, 4.69) is 4.74 Å². The van der Waals surface area contributed by atoms with Crippen molar-refractivity contribution in [3.05, 3.63) is 35.4 Å². The smallest absolute Gasteiger partial charge is 0.458 e. The average molecular weight is 294 g/mol. The molecule has 0 bridgehead atoms. The molecule has 0 N–H and O–H groups in total. The number of hydrogen-bond acceptors (Lipinski definition) is 2. The van der Waals surface area contributed by atoms with E-state index in [1.54, 1.807) is 0 Å². The molecule has 1 aromatic carbocycles. The summed E-state index contributed by atoms with van der Waals surface area (Å²) in [5.74, 6) is -5.42. The van der Waals surface area contributed by atoms with Crippen LogP contribution in [0.25, 0.3) is 0 Å². The Hall–Kier alpha value is -1.66. The fraction of sp³-hybridized carbons (Fsp3) is 0.462. The Kier molecular flexibility index (Phi) is 3.26. The summed E-state index contributed by atoms with van der Waals surface area (Å²) < 4.78 is 67.5. The SMILES string of the molecule is COC(=O)C1(c2ccc(C(F)(F)C(F)(F)F)cc2)CC1. The highest BCUT2D eigenvalue weighted by atomic mass is 19.4. The highest BCUT2D eigenvalue weighted by molar-refractivity contribution is 5.86. The maximum absolute atomic E-state index is 13.1. The van der Waals surface area contributed by atoms with Crippen LogP contribution >= 0.6 is 0 Å². The zero-order valence-electron chi connectivity index (χ0n) is 10.4. The predicted octanol–water partition coefficient (Wildman–Crippen LogP) is 3.55. The van der Waals surface area contributed by atoms with E-state index in [0.29, 0.717) is 30.5 Å². The molecule has 0 amide bonds. The molecule has 0 aliphatic heterocycles. The fourth-order valence-electron chi connectivity index (χ4n) is 2.09. The van der Waals surface area contributed by atoms with Crippen LogP contribution in [-0.2, 0) is 20.9 Å². The van der Waals surface area contributed by atoms with Gasteiger partial charge in [0.05, 0.1) is 12.5 Å². The van der Waals surface area contributed by atoms with Crippen molar-refractivity contribution in [2.45, 2.75) is 30.4 Å². The summed E-state index contributed by atoms with van der Waals surface area (Å²) in [6.07, 6.45) is -4.66. The van der Waals surface area contributed by atoms with Crippen LogP contribution in [0.4, 0.5) is 22.0 Å². The molecular weight excluding hydrogens is 283 g/mol. The summed E-state index contributed by atoms with van der Waals surface area (Å²) in [5.41, 5.74) is -1.64. The molecule has 0 unspecified atom stereocenters. The lowest BCUT2D eigenvalue weighted by atomic mass is 9.94. The van der Waals surface area contributed by atoms with Crippen molar-refractivity contribution < 1.29 is 31.5 Å². The van der Waals surface area contributed by atoms with E-state index in [-0.39, 0.29) is 0 Å². The zero-order valence-corrected chi connectivity index (χ0v) is 10.4. The topological polar surface area (TPSA) is 26.3 Å². The maximum atomic E-state index is 13.1. The Morgan fingerprint density at radius 3 is 1.95 bits per heavy atom. The molecule has 20 heavy (non-hydrogen) atoms. The molecule has 1 aliphatic carbocycles. The second-order valence-electron chi connectivity index (χ2n) is 4.72. The van der Waals surface area contributed by atoms with Crippen LogP contribution in [0.1, 0.15) is 24.0 Å². The number of alkyl halides is 5. The summed E-state index contributed by atoms with van der Waals surface area (Å²) in [6.45, 7) is 0. The average Bonchev–Trinajstić information content (AvgIpc) is 3.18. The number of benzene rings is 1. The third-order valence-corrected chi connectivity index (χ3v) is 3.48. The first kappa shape index (κ1) is 14.7. The van der Waals surface area contributed by atoms with Gasteiger partial charge in [-0.15, -0.1) is 0 Å². The minimum absolute atomic E-state index is 0.395. The van der Waals surface area contributed by atoms with Gasteiger partial charge in [-0.05, 0) is 18.4 Å². The van der Waals surface area contributed by atoms with Gasteiger partial charge in [0.15, 0.2) is 0 Å². The Balaban J connectivity index is 2.31. The number of carbonyl (C=O) groups excluding carboxylic acids is 1. The third kappa shape index (κ3) is 2.14. The van der Waals surface area contributed by atoms with Crippen molar-refractivity contribution in [1.82, 2.24) is 0 Å². The van der Waals surface area contributed by atoms with Gasteiger partial charge in [0.25, 0.3) is 0 Å². The molecule has 0 radical (unpaired) electrons. The summed E-state index contributed by atoms with van der Waals surface area (Å²) in [6, 6.07) is 3.65. The van der Waals surface area contributed by atoms with Crippen LogP contribution in [0.3, 0.4) is 0 Å². The van der Waals surface area contributed by atoms with Gasteiger partial charge < -0.3 is 4.74 Å². The van der Waals surface area contributed by atoms with Gasteiger partial charge in [-0.25, -0.2) is 0 Å². The minimum atomic E-state index is -5.64. The number of halogens is 5. The van der Waals surface area contributed by atoms with E-state index >= 15 is 0 Å². The molecule has 2 rings (SSSR count). The minimum Gasteiger partial charge on any atom is -0.468 e. The second kappa shape index (κ2) is 4.43. The lowest BCUT2D eigenvalue weighted by molar-refractivity contribution is -0.289. The first-order chi connectivity index (χ1) is 9.15. The Labute approximate surface area is 111 Å². The van der Waals surface area contributed by atoms with Gasteiger partial charge >= 0.3 is 18.1 Å². The first-order valence-electron chi connectivity index (χ1n) is 5.79. The quantitative estimate of drug-likeness (QED) is 0.629. The molecule has 1 fully saturated rings. The number of rotatable bonds is 3. The van der Waals surface area contributed by atoms with Crippen molar-refractivity contribution >= 4 is 5.97 Å². The molecule has 1 aliphatic rings. The van der Waals surface area contributed by atoms with Crippen molar-refractivity contribution in [3.8, 4) is 0 Å². The van der Waals surface area contributed by atoms with Crippen molar-refractivity contribution in [2.75, 3.05) is 7.11 Å². The number of esters is 1. The van der Waals surface area contributed by atoms with Crippen molar-refractivity contribution in [3.63, 3.8) is 0 Å². The standard InChI is InChI=1S/C13H11F5O2/c1-20-10(19)11(6-7-11)8-2-4-9(5-3-8)12(14,15)13(16,17)18/h2-5H,6-7H2,1H3. The van der Waals surface area contributed by atoms with E-state index in [1.807, 2.05) is 0 Å². The monoisotopic (exact) mass is 294 g/mol. The van der Waals surface area contributed by atoms with Gasteiger partial charge in [-0.3, -0.25) is 4.79 Å². The lowest BCUT2D eigenvalue weighted by Crippen LogP contribution is -2.33. The van der Waals surface area contributed by atoms with Crippen molar-refractivity contribution in [1.29, 1.82) is 0 Å². The van der Waals surface area contributed by atoms with Gasteiger partial charge in [0.1, 0.15) is 0 Å². The number of hydrogen-bond donors (Lipinski definition) is 0. The van der Waals surface area contributed by atoms with Gasteiger partial charge in [0.2, 0.25) is 0 Å². The second-order valence-corrected chi connectivity index (χ2v) is 4.72. The molecule has 2 nitrogen and oxygen atoms in total. The molecule has 0 atom stereocenters. The Morgan fingerprint density at radius 2 is 1.60 bits per heavy atom. The molecule has 0 heterocycles. The predicted molar refractivity (Wildman–Crippen MR) is 59.3 cm³/mol. The Bertz CT molecular complexity index is 515. The van der Waals surface area contributed by atoms with E-state index in [9.17, 15) is 26.7 Å². The summed E-state index contributed by atoms with van der Waals surface area (Å²) in [5, 5.41) is 0. The highest BCUT2D eigenvalue weighted by Gasteiger charge is 2.59. The van der Waals surface area contributed by atoms with Crippen LogP contribution in [0.15, 0.2) is 24.3 Å². The highest BCUT2D eigenvalue weighted by Crippen LogP contribution is 2.50. The van der Waals surface area contributed by atoms with Gasteiger partial charge in [-0.2, -0.15) is 22.0 Å². The van der Waals surface area contributed by atoms with E-state index in [0.717, 1.165) is 12.1 Å². The number of ether oxygens (including phenoxy) is 1. The fourth-order valence-corrected chi connectivity index (χ4v) is 2.09. The van der Waals surface area contributed by atoms with Crippen LogP contribution in [0.5, 0.6) is 0 Å². The van der Waals surface area contributed by atoms with Crippen LogP contribution in [0, 0.1) is 0 Å². The van der Waals surface area contributed by atoms with Crippen LogP contribution < -0.4 is 0 Å². The Morgan fingerprint density at radius 1 is 1.10 bits per heavy atom. The van der Waals surface area contributed by atoms with E-state index in [4.69, 9.17) is 0 Å². The normalized spacial score (nSPS) is 17.7. The van der Waals surface area contributed by atoms with E-state index in [1.165, 1.54) is 7.11 Å². The molecule has 0 saturated heterocycles. The number of methoxy groups -OCH3 is 1. The summed E-state index contributed by atoms with van der Waals surface area (Å²) in [4.78, 5) is 11.6. The van der Waals surface area contributed by atoms with E-state index < -0.39 is 29.0 Å². The lowest BCUT2D eigenvalue weighted by Gasteiger charge is -2.20.